The number of rotatable bonds is 2. The molecule has 0 heterocycles. The molecule has 1 aromatic carbocycles. The van der Waals surface area contributed by atoms with E-state index in [0.29, 0.717) is 5.69 Å². The maximum absolute atomic E-state index is 9.31. The minimum absolute atomic E-state index is 0.149. The van der Waals surface area contributed by atoms with Crippen LogP contribution in [0.25, 0.3) is 0 Å². The van der Waals surface area contributed by atoms with Crippen molar-refractivity contribution in [2.45, 2.75) is 19.9 Å². The molecule has 0 amide bonds. The Hall–Kier alpha value is -1.38. The number of phenols is 2. The fourth-order valence-electron chi connectivity index (χ4n) is 0.951. The van der Waals surface area contributed by atoms with E-state index in [1.165, 1.54) is 18.2 Å². The molecule has 3 heteroatoms. The van der Waals surface area contributed by atoms with Gasteiger partial charge in [0.2, 0.25) is 0 Å². The van der Waals surface area contributed by atoms with Crippen molar-refractivity contribution >= 4 is 5.69 Å². The summed E-state index contributed by atoms with van der Waals surface area (Å²) in [6.45, 7) is 3.92. The minimum atomic E-state index is 0.149. The van der Waals surface area contributed by atoms with Gasteiger partial charge in [-0.05, 0) is 26.0 Å². The highest BCUT2D eigenvalue weighted by atomic mass is 16.3. The van der Waals surface area contributed by atoms with Gasteiger partial charge in [0.1, 0.15) is 11.5 Å². The maximum atomic E-state index is 9.31. The number of anilines is 1. The van der Waals surface area contributed by atoms with Crippen LogP contribution in [0.1, 0.15) is 13.8 Å². The zero-order chi connectivity index (χ0) is 9.14. The van der Waals surface area contributed by atoms with Crippen LogP contribution in [0.15, 0.2) is 18.2 Å². The highest BCUT2D eigenvalue weighted by Gasteiger charge is 2.02. The molecule has 3 nitrogen and oxygen atoms in total. The second kappa shape index (κ2) is 3.34. The lowest BCUT2D eigenvalue weighted by Crippen LogP contribution is -2.09. The van der Waals surface area contributed by atoms with Crippen LogP contribution in [0.2, 0.25) is 0 Å². The van der Waals surface area contributed by atoms with Gasteiger partial charge in [0.05, 0.1) is 5.69 Å². The molecule has 0 aromatic heterocycles. The highest BCUT2D eigenvalue weighted by molar-refractivity contribution is 5.58. The normalized spacial score (nSPS) is 10.2. The summed E-state index contributed by atoms with van der Waals surface area (Å²) in [6.07, 6.45) is 0. The molecule has 1 rings (SSSR count). The Labute approximate surface area is 71.7 Å². The maximum Gasteiger partial charge on any atom is 0.138 e. The summed E-state index contributed by atoms with van der Waals surface area (Å²) >= 11 is 0. The molecule has 12 heavy (non-hydrogen) atoms. The molecule has 0 saturated heterocycles. The number of nitrogens with one attached hydrogen (secondary N) is 1. The van der Waals surface area contributed by atoms with Crippen molar-refractivity contribution in [3.8, 4) is 11.5 Å². The fraction of sp³-hybridized carbons (Fsp3) is 0.333. The molecule has 66 valence electrons. The Morgan fingerprint density at radius 2 is 1.92 bits per heavy atom. The van der Waals surface area contributed by atoms with E-state index < -0.39 is 0 Å². The Morgan fingerprint density at radius 1 is 1.25 bits per heavy atom. The second-order valence-electron chi connectivity index (χ2n) is 3.00. The molecule has 0 radical (unpaired) electrons. The molecule has 3 N–H and O–H groups in total. The van der Waals surface area contributed by atoms with Crippen LogP contribution in [-0.4, -0.2) is 16.3 Å². The summed E-state index contributed by atoms with van der Waals surface area (Å²) in [7, 11) is 0. The van der Waals surface area contributed by atoms with Gasteiger partial charge in [-0.15, -0.1) is 0 Å². The van der Waals surface area contributed by atoms with Crippen molar-refractivity contribution in [1.82, 2.24) is 0 Å². The Morgan fingerprint density at radius 3 is 2.50 bits per heavy atom. The largest absolute Gasteiger partial charge is 0.508 e. The van der Waals surface area contributed by atoms with Crippen LogP contribution in [0.3, 0.4) is 0 Å². The first-order valence-electron chi connectivity index (χ1n) is 3.88. The van der Waals surface area contributed by atoms with Crippen molar-refractivity contribution in [1.29, 1.82) is 0 Å². The van der Waals surface area contributed by atoms with Gasteiger partial charge in [-0.1, -0.05) is 0 Å². The lowest BCUT2D eigenvalue weighted by atomic mass is 10.2. The topological polar surface area (TPSA) is 52.5 Å². The van der Waals surface area contributed by atoms with Gasteiger partial charge in [0, 0.05) is 12.1 Å². The zero-order valence-electron chi connectivity index (χ0n) is 7.20. The minimum Gasteiger partial charge on any atom is -0.508 e. The van der Waals surface area contributed by atoms with E-state index in [0.717, 1.165) is 0 Å². The number of hydrogen-bond donors (Lipinski definition) is 3. The molecule has 0 bridgehead atoms. The summed E-state index contributed by atoms with van der Waals surface area (Å²) < 4.78 is 0. The summed E-state index contributed by atoms with van der Waals surface area (Å²) in [4.78, 5) is 0. The van der Waals surface area contributed by atoms with Gasteiger partial charge in [-0.25, -0.2) is 0 Å². The van der Waals surface area contributed by atoms with E-state index in [1.807, 2.05) is 13.8 Å². The van der Waals surface area contributed by atoms with E-state index in [9.17, 15) is 5.11 Å². The molecule has 0 unspecified atom stereocenters. The molecule has 0 aliphatic carbocycles. The highest BCUT2D eigenvalue weighted by Crippen LogP contribution is 2.27. The second-order valence-corrected chi connectivity index (χ2v) is 3.00. The lowest BCUT2D eigenvalue weighted by molar-refractivity contribution is 0.461. The predicted molar refractivity (Wildman–Crippen MR) is 48.5 cm³/mol. The third kappa shape index (κ3) is 2.05. The number of hydrogen-bond acceptors (Lipinski definition) is 3. The standard InChI is InChI=1S/C9H13NO2/c1-6(2)10-8-5-7(11)3-4-9(8)12/h3-6,10-12H,1-2H3. The predicted octanol–water partition coefficient (Wildman–Crippen LogP) is 1.92. The summed E-state index contributed by atoms with van der Waals surface area (Å²) in [5.74, 6) is 0.303. The van der Waals surface area contributed by atoms with Crippen LogP contribution in [0, 0.1) is 0 Å². The summed E-state index contributed by atoms with van der Waals surface area (Å²) in [5.41, 5.74) is 0.560. The van der Waals surface area contributed by atoms with Crippen molar-refractivity contribution < 1.29 is 10.2 Å². The Balaban J connectivity index is 2.90. The van der Waals surface area contributed by atoms with E-state index in [1.54, 1.807) is 0 Å². The van der Waals surface area contributed by atoms with Crippen molar-refractivity contribution in [2.75, 3.05) is 5.32 Å². The van der Waals surface area contributed by atoms with Gasteiger partial charge in [0.25, 0.3) is 0 Å². The van der Waals surface area contributed by atoms with Crippen LogP contribution >= 0.6 is 0 Å². The van der Waals surface area contributed by atoms with E-state index >= 15 is 0 Å². The van der Waals surface area contributed by atoms with Crippen molar-refractivity contribution in [2.24, 2.45) is 0 Å². The first-order valence-corrected chi connectivity index (χ1v) is 3.88. The van der Waals surface area contributed by atoms with Gasteiger partial charge >= 0.3 is 0 Å². The van der Waals surface area contributed by atoms with E-state index in [4.69, 9.17) is 5.11 Å². The SMILES string of the molecule is CC(C)Nc1cc(O)ccc1O. The van der Waals surface area contributed by atoms with Crippen LogP contribution < -0.4 is 5.32 Å². The van der Waals surface area contributed by atoms with Crippen molar-refractivity contribution in [3.05, 3.63) is 18.2 Å². The molecule has 0 saturated carbocycles. The monoisotopic (exact) mass is 167 g/mol. The van der Waals surface area contributed by atoms with Gasteiger partial charge in [0.15, 0.2) is 0 Å². The molecular weight excluding hydrogens is 154 g/mol. The molecular formula is C9H13NO2. The molecule has 0 aliphatic heterocycles. The van der Waals surface area contributed by atoms with Crippen LogP contribution in [-0.2, 0) is 0 Å². The first kappa shape index (κ1) is 8.71. The molecule has 0 atom stereocenters. The average molecular weight is 167 g/mol. The molecule has 1 aromatic rings. The first-order chi connectivity index (χ1) is 5.59. The number of phenolic OH excluding ortho intramolecular Hbond substituents is 2. The third-order valence-corrected chi connectivity index (χ3v) is 1.42. The van der Waals surface area contributed by atoms with E-state index in [2.05, 4.69) is 5.32 Å². The molecule has 0 spiro atoms. The zero-order valence-corrected chi connectivity index (χ0v) is 7.20. The van der Waals surface area contributed by atoms with Gasteiger partial charge in [-0.2, -0.15) is 0 Å². The van der Waals surface area contributed by atoms with Crippen LogP contribution in [0.4, 0.5) is 5.69 Å². The lowest BCUT2D eigenvalue weighted by Gasteiger charge is -2.11. The molecule has 0 aliphatic rings. The number of benzene rings is 1. The Bertz CT molecular complexity index is 271. The number of aromatic hydroxyl groups is 2. The van der Waals surface area contributed by atoms with Gasteiger partial charge in [-0.3, -0.25) is 0 Å². The fourth-order valence-corrected chi connectivity index (χ4v) is 0.951. The van der Waals surface area contributed by atoms with E-state index in [-0.39, 0.29) is 17.5 Å². The Kier molecular flexibility index (Phi) is 2.43. The average Bonchev–Trinajstić information content (AvgIpc) is 1.96. The van der Waals surface area contributed by atoms with Gasteiger partial charge < -0.3 is 15.5 Å². The van der Waals surface area contributed by atoms with Crippen LogP contribution in [0.5, 0.6) is 11.5 Å². The smallest absolute Gasteiger partial charge is 0.138 e. The van der Waals surface area contributed by atoms with Crippen molar-refractivity contribution in [3.63, 3.8) is 0 Å². The summed E-state index contributed by atoms with van der Waals surface area (Å²) in [6, 6.07) is 4.63. The quantitative estimate of drug-likeness (QED) is 0.466. The third-order valence-electron chi connectivity index (χ3n) is 1.42. The summed E-state index contributed by atoms with van der Waals surface area (Å²) in [5, 5.41) is 21.4. The molecule has 0 fully saturated rings.